The average molecular weight is 413 g/mol. The highest BCUT2D eigenvalue weighted by Crippen LogP contribution is 2.54. The van der Waals surface area contributed by atoms with Crippen molar-refractivity contribution in [3.8, 4) is 11.3 Å². The Bertz CT molecular complexity index is 1200. The fourth-order valence-electron chi connectivity index (χ4n) is 3.64. The number of benzene rings is 2. The summed E-state index contributed by atoms with van der Waals surface area (Å²) in [5, 5.41) is 6.09. The summed E-state index contributed by atoms with van der Waals surface area (Å²) in [6.07, 6.45) is 5.74. The van der Waals surface area contributed by atoms with E-state index in [0.29, 0.717) is 16.9 Å². The van der Waals surface area contributed by atoms with Gasteiger partial charge >= 0.3 is 0 Å². The van der Waals surface area contributed by atoms with Crippen molar-refractivity contribution < 1.29 is 4.79 Å². The second-order valence-electron chi connectivity index (χ2n) is 7.48. The van der Waals surface area contributed by atoms with Gasteiger partial charge in [-0.25, -0.2) is 4.98 Å². The number of para-hydroxylation sites is 2. The van der Waals surface area contributed by atoms with Crippen molar-refractivity contribution in [2.24, 2.45) is 0 Å². The Morgan fingerprint density at radius 3 is 2.53 bits per heavy atom. The molecule has 2 aromatic heterocycles. The van der Waals surface area contributed by atoms with Gasteiger partial charge in [0.2, 0.25) is 0 Å². The van der Waals surface area contributed by atoms with E-state index in [-0.39, 0.29) is 11.3 Å². The van der Waals surface area contributed by atoms with Crippen molar-refractivity contribution in [3.63, 3.8) is 0 Å². The predicted octanol–water partition coefficient (Wildman–Crippen LogP) is 5.12. The van der Waals surface area contributed by atoms with Gasteiger partial charge in [0.15, 0.2) is 0 Å². The molecule has 0 spiro atoms. The zero-order valence-corrected chi connectivity index (χ0v) is 17.0. The van der Waals surface area contributed by atoms with Gasteiger partial charge in [-0.15, -0.1) is 11.3 Å². The molecule has 4 aromatic rings. The summed E-state index contributed by atoms with van der Waals surface area (Å²) in [6, 6.07) is 19.0. The van der Waals surface area contributed by atoms with Crippen LogP contribution >= 0.6 is 11.3 Å². The lowest BCUT2D eigenvalue weighted by molar-refractivity contribution is 0.102. The first-order valence-corrected chi connectivity index (χ1v) is 10.7. The largest absolute Gasteiger partial charge is 0.397 e. The van der Waals surface area contributed by atoms with Crippen LogP contribution in [0, 0.1) is 0 Å². The topological polar surface area (TPSA) is 80.9 Å². The van der Waals surface area contributed by atoms with Crippen LogP contribution in [0.1, 0.15) is 33.8 Å². The SMILES string of the molecule is Nc1ccccc1NC(=O)c1ccc(C2(c3nc(-c4cccnc4)cs3)CC2)cc1. The van der Waals surface area contributed by atoms with Gasteiger partial charge in [-0.1, -0.05) is 24.3 Å². The van der Waals surface area contributed by atoms with Crippen molar-refractivity contribution >= 4 is 28.6 Å². The maximum absolute atomic E-state index is 12.6. The molecule has 0 bridgehead atoms. The van der Waals surface area contributed by atoms with Gasteiger partial charge in [-0.3, -0.25) is 9.78 Å². The molecule has 1 aliphatic carbocycles. The maximum Gasteiger partial charge on any atom is 0.255 e. The first-order chi connectivity index (χ1) is 14.7. The van der Waals surface area contributed by atoms with Crippen molar-refractivity contribution in [3.05, 3.63) is 94.6 Å². The predicted molar refractivity (Wildman–Crippen MR) is 121 cm³/mol. The Hall–Kier alpha value is -3.51. The van der Waals surface area contributed by atoms with E-state index in [1.54, 1.807) is 29.7 Å². The van der Waals surface area contributed by atoms with Gasteiger partial charge in [0.25, 0.3) is 5.91 Å². The van der Waals surface area contributed by atoms with Crippen LogP contribution in [0.4, 0.5) is 11.4 Å². The molecule has 0 unspecified atom stereocenters. The van der Waals surface area contributed by atoms with E-state index >= 15 is 0 Å². The Labute approximate surface area is 178 Å². The first kappa shape index (κ1) is 18.5. The lowest BCUT2D eigenvalue weighted by Gasteiger charge is -2.14. The number of thiazole rings is 1. The number of aromatic nitrogens is 2. The van der Waals surface area contributed by atoms with E-state index in [4.69, 9.17) is 10.7 Å². The summed E-state index contributed by atoms with van der Waals surface area (Å²) < 4.78 is 0. The lowest BCUT2D eigenvalue weighted by atomic mass is 9.95. The standard InChI is InChI=1S/C24H20N4OS/c25-19-5-1-2-6-20(19)27-22(29)16-7-9-18(10-8-16)24(11-12-24)23-28-21(15-30-23)17-4-3-13-26-14-17/h1-10,13-15H,11-12,25H2,(H,27,29). The highest BCUT2D eigenvalue weighted by molar-refractivity contribution is 7.10. The van der Waals surface area contributed by atoms with E-state index in [9.17, 15) is 4.79 Å². The number of nitrogens with zero attached hydrogens (tertiary/aromatic N) is 2. The first-order valence-electron chi connectivity index (χ1n) is 9.78. The maximum atomic E-state index is 12.6. The summed E-state index contributed by atoms with van der Waals surface area (Å²) in [5.41, 5.74) is 10.9. The molecule has 0 saturated heterocycles. The molecule has 2 aromatic carbocycles. The third-order valence-electron chi connectivity index (χ3n) is 5.53. The van der Waals surface area contributed by atoms with E-state index in [0.717, 1.165) is 29.1 Å². The number of anilines is 2. The fraction of sp³-hybridized carbons (Fsp3) is 0.125. The van der Waals surface area contributed by atoms with Crippen molar-refractivity contribution in [1.82, 2.24) is 9.97 Å². The van der Waals surface area contributed by atoms with Crippen molar-refractivity contribution in [1.29, 1.82) is 0 Å². The van der Waals surface area contributed by atoms with Gasteiger partial charge in [0.05, 0.1) is 17.1 Å². The molecule has 0 radical (unpaired) electrons. The van der Waals surface area contributed by atoms with E-state index in [1.807, 2.05) is 54.7 Å². The third-order valence-corrected chi connectivity index (χ3v) is 6.58. The molecule has 0 atom stereocenters. The molecule has 1 aliphatic rings. The second-order valence-corrected chi connectivity index (χ2v) is 8.34. The van der Waals surface area contributed by atoms with Gasteiger partial charge in [0, 0.05) is 34.3 Å². The molecular weight excluding hydrogens is 392 g/mol. The minimum Gasteiger partial charge on any atom is -0.397 e. The number of carbonyl (C=O) groups is 1. The van der Waals surface area contributed by atoms with Crippen molar-refractivity contribution in [2.45, 2.75) is 18.3 Å². The number of amides is 1. The summed E-state index contributed by atoms with van der Waals surface area (Å²) in [5.74, 6) is -0.169. The molecule has 1 saturated carbocycles. The molecule has 6 heteroatoms. The van der Waals surface area contributed by atoms with Gasteiger partial charge in [0.1, 0.15) is 5.01 Å². The van der Waals surface area contributed by atoms with Crippen molar-refractivity contribution in [2.75, 3.05) is 11.1 Å². The normalized spacial score (nSPS) is 14.3. The number of nitrogens with one attached hydrogen (secondary N) is 1. The zero-order valence-electron chi connectivity index (χ0n) is 16.2. The van der Waals surface area contributed by atoms with Crippen LogP contribution in [0.2, 0.25) is 0 Å². The van der Waals surface area contributed by atoms with Crippen LogP contribution in [-0.2, 0) is 5.41 Å². The van der Waals surface area contributed by atoms with Crippen LogP contribution in [0.15, 0.2) is 78.4 Å². The zero-order chi connectivity index (χ0) is 20.6. The molecular formula is C24H20N4OS. The molecule has 1 amide bonds. The molecule has 3 N–H and O–H groups in total. The molecule has 5 rings (SSSR count). The van der Waals surface area contributed by atoms with Gasteiger partial charge in [-0.05, 0) is 54.8 Å². The second kappa shape index (κ2) is 7.39. The minimum atomic E-state index is -0.169. The fourth-order valence-corrected chi connectivity index (χ4v) is 4.75. The monoisotopic (exact) mass is 412 g/mol. The molecule has 148 valence electrons. The quantitative estimate of drug-likeness (QED) is 0.446. The summed E-state index contributed by atoms with van der Waals surface area (Å²) in [4.78, 5) is 21.7. The Morgan fingerprint density at radius 1 is 1.03 bits per heavy atom. The summed E-state index contributed by atoms with van der Waals surface area (Å²) in [6.45, 7) is 0. The van der Waals surface area contributed by atoms with E-state index < -0.39 is 0 Å². The number of rotatable bonds is 5. The number of nitrogens with two attached hydrogens (primary N) is 1. The molecule has 5 nitrogen and oxygen atoms in total. The van der Waals surface area contributed by atoms with Crippen LogP contribution in [0.25, 0.3) is 11.3 Å². The summed E-state index contributed by atoms with van der Waals surface area (Å²) in [7, 11) is 0. The van der Waals surface area contributed by atoms with Gasteiger partial charge < -0.3 is 11.1 Å². The number of nitrogen functional groups attached to an aromatic ring is 1. The van der Waals surface area contributed by atoms with Crippen LogP contribution in [0.3, 0.4) is 0 Å². The highest BCUT2D eigenvalue weighted by atomic mass is 32.1. The smallest absolute Gasteiger partial charge is 0.255 e. The van der Waals surface area contributed by atoms with Gasteiger partial charge in [-0.2, -0.15) is 0 Å². The molecule has 1 fully saturated rings. The molecule has 0 aliphatic heterocycles. The van der Waals surface area contributed by atoms with E-state index in [2.05, 4.69) is 15.7 Å². The third kappa shape index (κ3) is 3.35. The van der Waals surface area contributed by atoms with Crippen LogP contribution in [0.5, 0.6) is 0 Å². The van der Waals surface area contributed by atoms with Crippen LogP contribution < -0.4 is 11.1 Å². The number of carbonyl (C=O) groups excluding carboxylic acids is 1. The summed E-state index contributed by atoms with van der Waals surface area (Å²) >= 11 is 1.69. The number of hydrogen-bond donors (Lipinski definition) is 2. The molecule has 30 heavy (non-hydrogen) atoms. The minimum absolute atomic E-state index is 0.0377. The Morgan fingerprint density at radius 2 is 1.83 bits per heavy atom. The highest BCUT2D eigenvalue weighted by Gasteiger charge is 2.48. The lowest BCUT2D eigenvalue weighted by Crippen LogP contribution is -2.14. The van der Waals surface area contributed by atoms with Crippen LogP contribution in [-0.4, -0.2) is 15.9 Å². The number of hydrogen-bond acceptors (Lipinski definition) is 5. The Balaban J connectivity index is 1.36. The Kier molecular flexibility index (Phi) is 4.56. The average Bonchev–Trinajstić information content (AvgIpc) is 3.45. The van der Waals surface area contributed by atoms with E-state index in [1.165, 1.54) is 5.56 Å². The number of pyridine rings is 1. The molecule has 2 heterocycles.